The maximum atomic E-state index is 14.2. The summed E-state index contributed by atoms with van der Waals surface area (Å²) in [6.07, 6.45) is 4.47. The number of imidazole rings is 2. The van der Waals surface area contributed by atoms with E-state index in [9.17, 15) is 35.6 Å². The lowest BCUT2D eigenvalue weighted by molar-refractivity contribution is -0.118. The van der Waals surface area contributed by atoms with E-state index in [-0.39, 0.29) is 47.3 Å². The molecule has 1 N–H and O–H groups in total. The van der Waals surface area contributed by atoms with Crippen molar-refractivity contribution < 1.29 is 44.6 Å². The van der Waals surface area contributed by atoms with Crippen molar-refractivity contribution in [3.05, 3.63) is 131 Å². The van der Waals surface area contributed by atoms with Gasteiger partial charge >= 0.3 is 0 Å². The van der Waals surface area contributed by atoms with E-state index < -0.39 is 39.3 Å². The number of sulfonamides is 1. The number of aryl methyl sites for hydroxylation is 4. The molecule has 4 saturated heterocycles. The van der Waals surface area contributed by atoms with Crippen LogP contribution in [0.4, 0.5) is 28.9 Å². The number of halogens is 4. The fraction of sp³-hybridized carbons (Fsp3) is 0.382. The molecule has 2 amide bonds. The summed E-state index contributed by atoms with van der Waals surface area (Å²) < 4.78 is 98.4. The summed E-state index contributed by atoms with van der Waals surface area (Å²) in [6.45, 7) is 9.95. The van der Waals surface area contributed by atoms with Crippen molar-refractivity contribution in [3.63, 3.8) is 0 Å². The second-order valence-electron chi connectivity index (χ2n) is 20.5. The summed E-state index contributed by atoms with van der Waals surface area (Å²) >= 11 is 0. The second kappa shape index (κ2) is 19.1. The molecule has 8 heterocycles. The van der Waals surface area contributed by atoms with Crippen LogP contribution < -0.4 is 15.1 Å². The molecule has 76 heavy (non-hydrogen) atoms. The molecule has 4 aliphatic heterocycles. The maximum absolute atomic E-state index is 14.2. The van der Waals surface area contributed by atoms with Gasteiger partial charge in [-0.1, -0.05) is 22.4 Å². The van der Waals surface area contributed by atoms with Crippen LogP contribution in [-0.2, 0) is 19.6 Å². The molecule has 4 atom stereocenters. The molecule has 394 valence electrons. The molecule has 0 spiro atoms. The monoisotopic (exact) mass is 1060 g/mol. The smallest absolute Gasteiger partial charge is 0.227 e. The van der Waals surface area contributed by atoms with Crippen LogP contribution in [0.2, 0.25) is 0 Å². The summed E-state index contributed by atoms with van der Waals surface area (Å²) in [6, 6.07) is 18.2. The largest absolute Gasteiger partial charge is 0.361 e. The first-order valence-electron chi connectivity index (χ1n) is 25.7. The topological polar surface area (TPSA) is 178 Å². The van der Waals surface area contributed by atoms with E-state index in [1.807, 2.05) is 58.0 Å². The minimum Gasteiger partial charge on any atom is -0.361 e. The zero-order valence-electron chi connectivity index (χ0n) is 42.2. The van der Waals surface area contributed by atoms with E-state index in [2.05, 4.69) is 30.8 Å². The Morgan fingerprint density at radius 1 is 0.592 bits per heavy atom. The summed E-state index contributed by atoms with van der Waals surface area (Å²) in [5.41, 5.74) is 9.14. The molecule has 0 unspecified atom stereocenters. The van der Waals surface area contributed by atoms with Crippen molar-refractivity contribution in [3.8, 4) is 22.3 Å². The number of benzene rings is 4. The van der Waals surface area contributed by atoms with Crippen molar-refractivity contribution in [2.45, 2.75) is 108 Å². The van der Waals surface area contributed by atoms with Gasteiger partial charge in [0.15, 0.2) is 23.3 Å². The molecule has 4 aromatic heterocycles. The van der Waals surface area contributed by atoms with Gasteiger partial charge in [0.25, 0.3) is 0 Å². The number of carbonyl (C=O) groups excluding carboxylic acids is 2. The average molecular weight is 1060 g/mol. The summed E-state index contributed by atoms with van der Waals surface area (Å²) in [5.74, 6) is -1.47. The van der Waals surface area contributed by atoms with Gasteiger partial charge in [0.1, 0.15) is 23.2 Å². The van der Waals surface area contributed by atoms with Gasteiger partial charge in [0.2, 0.25) is 21.8 Å². The quantitative estimate of drug-likeness (QED) is 0.129. The zero-order valence-corrected chi connectivity index (χ0v) is 43.0. The van der Waals surface area contributed by atoms with Gasteiger partial charge in [-0.15, -0.1) is 0 Å². The Hall–Kier alpha value is -7.23. The predicted molar refractivity (Wildman–Crippen MR) is 275 cm³/mol. The highest BCUT2D eigenvalue weighted by Gasteiger charge is 2.45. The summed E-state index contributed by atoms with van der Waals surface area (Å²) in [5, 5.41) is 11.3. The Morgan fingerprint density at radius 2 is 1.09 bits per heavy atom. The number of amides is 2. The van der Waals surface area contributed by atoms with Crippen LogP contribution in [0.1, 0.15) is 110 Å². The highest BCUT2D eigenvalue weighted by atomic mass is 32.2. The Balaban J connectivity index is 0.000000155. The van der Waals surface area contributed by atoms with E-state index in [1.54, 1.807) is 9.21 Å². The van der Waals surface area contributed by atoms with E-state index in [1.165, 1.54) is 17.0 Å². The molecular weight excluding hydrogens is 1000 g/mol. The van der Waals surface area contributed by atoms with Gasteiger partial charge in [-0.05, 0) is 132 Å². The molecule has 16 nitrogen and oxygen atoms in total. The molecule has 0 bridgehead atoms. The SMILES string of the molecule is Cc1noc(C)c1-c1ccc2c(c1)nc([C@@H]1CCC(=O)N1c1ccc(F)c(F)c1)n2[C@@H]1CCN(S(=O)(=O)C2CC2)C1.Cc1noc(C)c1-c1ccc2c(c1)nc([C@@H]1CCC(=O)N1c1ccc(F)c(F)c1)n2[C@@H]1CCNC1. The van der Waals surface area contributed by atoms with Gasteiger partial charge in [0.05, 0.1) is 56.8 Å². The van der Waals surface area contributed by atoms with Gasteiger partial charge in [-0.25, -0.2) is 35.9 Å². The molecular formula is C55H54F4N10O6S. The highest BCUT2D eigenvalue weighted by Crippen LogP contribution is 2.44. The number of fused-ring (bicyclic) bond motifs is 2. The third-order valence-corrected chi connectivity index (χ3v) is 18.0. The van der Waals surface area contributed by atoms with E-state index >= 15 is 0 Å². The van der Waals surface area contributed by atoms with Crippen LogP contribution in [0.25, 0.3) is 44.3 Å². The number of nitrogens with one attached hydrogen (secondary N) is 1. The lowest BCUT2D eigenvalue weighted by Crippen LogP contribution is -2.33. The Kier molecular flexibility index (Phi) is 12.5. The number of hydrogen-bond acceptors (Lipinski definition) is 11. The molecule has 1 saturated carbocycles. The maximum Gasteiger partial charge on any atom is 0.227 e. The fourth-order valence-electron chi connectivity index (χ4n) is 11.9. The van der Waals surface area contributed by atoms with Gasteiger partial charge in [-0.2, -0.15) is 4.31 Å². The minimum atomic E-state index is -3.35. The number of aromatic nitrogens is 6. The van der Waals surface area contributed by atoms with Crippen molar-refractivity contribution >= 4 is 55.3 Å². The number of anilines is 2. The Morgan fingerprint density at radius 3 is 1.53 bits per heavy atom. The lowest BCUT2D eigenvalue weighted by atomic mass is 10.0. The first-order chi connectivity index (χ1) is 36.5. The van der Waals surface area contributed by atoms with Crippen LogP contribution in [0.3, 0.4) is 0 Å². The van der Waals surface area contributed by atoms with E-state index in [4.69, 9.17) is 19.0 Å². The molecule has 4 aromatic carbocycles. The Labute approximate surface area is 434 Å². The zero-order chi connectivity index (χ0) is 52.9. The molecule has 5 aliphatic rings. The number of carbonyl (C=O) groups is 2. The van der Waals surface area contributed by atoms with E-state index in [0.29, 0.717) is 74.4 Å². The Bertz CT molecular complexity index is 3710. The molecule has 5 fully saturated rings. The molecule has 1 aliphatic carbocycles. The van der Waals surface area contributed by atoms with Gasteiger partial charge in [-0.3, -0.25) is 9.59 Å². The van der Waals surface area contributed by atoms with E-state index in [0.717, 1.165) is 106 Å². The third-order valence-electron chi connectivity index (χ3n) is 15.7. The summed E-state index contributed by atoms with van der Waals surface area (Å²) in [7, 11) is -3.35. The predicted octanol–water partition coefficient (Wildman–Crippen LogP) is 10.2. The van der Waals surface area contributed by atoms with Crippen molar-refractivity contribution in [1.29, 1.82) is 0 Å². The second-order valence-corrected chi connectivity index (χ2v) is 22.7. The third kappa shape index (κ3) is 8.55. The van der Waals surface area contributed by atoms with Crippen molar-refractivity contribution in [1.82, 2.24) is 39.0 Å². The molecule has 0 radical (unpaired) electrons. The van der Waals surface area contributed by atoms with Crippen LogP contribution >= 0.6 is 0 Å². The van der Waals surface area contributed by atoms with Gasteiger partial charge < -0.3 is 33.3 Å². The van der Waals surface area contributed by atoms with Crippen LogP contribution in [0, 0.1) is 51.0 Å². The minimum absolute atomic E-state index is 0.124. The number of nitrogens with zero attached hydrogens (tertiary/aromatic N) is 9. The van der Waals surface area contributed by atoms with Crippen molar-refractivity contribution in [2.75, 3.05) is 36.0 Å². The van der Waals surface area contributed by atoms with Crippen molar-refractivity contribution in [2.24, 2.45) is 0 Å². The molecule has 8 aromatic rings. The van der Waals surface area contributed by atoms with Crippen LogP contribution in [-0.4, -0.2) is 85.4 Å². The fourth-order valence-corrected chi connectivity index (χ4v) is 13.8. The lowest BCUT2D eigenvalue weighted by Gasteiger charge is -2.27. The normalized spacial score (nSPS) is 21.3. The first-order valence-corrected chi connectivity index (χ1v) is 27.2. The number of rotatable bonds is 10. The molecule has 13 rings (SSSR count). The van der Waals surface area contributed by atoms with Crippen LogP contribution in [0.15, 0.2) is 81.8 Å². The molecule has 21 heteroatoms. The standard InChI is InChI=1S/C29H29F2N5O4S.C26H25F2N5O2/c1-16-28(17(2)40-33-16)18-3-8-25-24(13-18)32-29(36(25)20-11-12-34(15-20)41(38,39)21-5-6-21)26-9-10-27(37)35(26)19-4-7-22(30)23(31)14-19;1-14-25(15(2)35-31-14)16-3-6-22-21(11-16)30-26(33(22)18-9-10-29-13-18)23-7-8-24(34)32(23)17-4-5-19(27)20(28)12-17/h3-4,7-8,13-14,20-21,26H,5-6,9-12,15H2,1-2H3;3-6,11-12,18,23,29H,7-10,13H2,1-2H3/t20-,26+;18-,23+/m11/s1. The summed E-state index contributed by atoms with van der Waals surface area (Å²) in [4.78, 5) is 39.2. The van der Waals surface area contributed by atoms with Gasteiger partial charge in [0, 0.05) is 73.2 Å². The van der Waals surface area contributed by atoms with Crippen LogP contribution in [0.5, 0.6) is 0 Å². The first kappa shape index (κ1) is 49.6. The number of hydrogen-bond donors (Lipinski definition) is 1. The average Bonchev–Trinajstić information content (AvgIpc) is 4.16. The highest BCUT2D eigenvalue weighted by molar-refractivity contribution is 7.90.